The van der Waals surface area contributed by atoms with Crippen LogP contribution in [0.3, 0.4) is 0 Å². The molecule has 2 aliphatic rings. The molecule has 10 nitrogen and oxygen atoms in total. The summed E-state index contributed by atoms with van der Waals surface area (Å²) in [6.45, 7) is 0. The molecule has 1 aliphatic heterocycles. The maximum absolute atomic E-state index is 13.1. The smallest absolute Gasteiger partial charge is 0.283 e. The normalized spacial score (nSPS) is 18.8. The first-order chi connectivity index (χ1) is 20.9. The van der Waals surface area contributed by atoms with Crippen LogP contribution in [0.15, 0.2) is 69.9 Å². The van der Waals surface area contributed by atoms with Crippen LogP contribution < -0.4 is 4.90 Å². The van der Waals surface area contributed by atoms with E-state index < -0.39 is 4.92 Å². The summed E-state index contributed by atoms with van der Waals surface area (Å²) in [5.41, 5.74) is 3.35. The van der Waals surface area contributed by atoms with Crippen molar-refractivity contribution >= 4 is 79.2 Å². The topological polar surface area (TPSA) is 146 Å². The fraction of sp³-hybridized carbons (Fsp3) is 0.194. The number of imidazole rings is 1. The van der Waals surface area contributed by atoms with Crippen molar-refractivity contribution in [1.82, 2.24) is 15.0 Å². The Morgan fingerprint density at radius 3 is 2.53 bits per heavy atom. The van der Waals surface area contributed by atoms with Gasteiger partial charge >= 0.3 is 0 Å². The lowest BCUT2D eigenvalue weighted by Crippen LogP contribution is -2.30. The fourth-order valence-electron chi connectivity index (χ4n) is 5.84. The molecule has 12 heteroatoms. The van der Waals surface area contributed by atoms with Gasteiger partial charge in [-0.25, -0.2) is 9.97 Å². The molecule has 2 atom stereocenters. The van der Waals surface area contributed by atoms with E-state index in [0.29, 0.717) is 31.8 Å². The van der Waals surface area contributed by atoms with Gasteiger partial charge in [-0.3, -0.25) is 24.6 Å². The number of imide groups is 1. The van der Waals surface area contributed by atoms with Gasteiger partial charge in [-0.15, -0.1) is 11.3 Å². The number of hydrogen-bond donors (Lipinski definition) is 1. The third kappa shape index (κ3) is 4.86. The number of rotatable bonds is 6. The van der Waals surface area contributed by atoms with Crippen molar-refractivity contribution in [2.45, 2.75) is 34.9 Å². The van der Waals surface area contributed by atoms with Gasteiger partial charge in [-0.1, -0.05) is 42.8 Å². The van der Waals surface area contributed by atoms with Crippen LogP contribution in [0.4, 0.5) is 11.4 Å². The second-order valence-corrected chi connectivity index (χ2v) is 12.8. The molecule has 1 N–H and O–H groups in total. The van der Waals surface area contributed by atoms with Crippen LogP contribution in [0.25, 0.3) is 32.9 Å². The van der Waals surface area contributed by atoms with E-state index in [1.165, 1.54) is 34.1 Å². The molecule has 0 radical (unpaired) electrons. The van der Waals surface area contributed by atoms with Gasteiger partial charge in [0.15, 0.2) is 4.34 Å². The van der Waals surface area contributed by atoms with Crippen molar-refractivity contribution in [2.24, 2.45) is 11.8 Å². The number of aromatic nitrogens is 3. The number of H-pyrrole nitrogens is 1. The Morgan fingerprint density at radius 1 is 1.05 bits per heavy atom. The number of nitriles is 1. The van der Waals surface area contributed by atoms with Crippen LogP contribution in [-0.4, -0.2) is 31.7 Å². The van der Waals surface area contributed by atoms with E-state index in [4.69, 9.17) is 0 Å². The molecule has 1 saturated heterocycles. The van der Waals surface area contributed by atoms with E-state index in [1.54, 1.807) is 36.4 Å². The van der Waals surface area contributed by atoms with Crippen molar-refractivity contribution in [3.05, 3.63) is 82.2 Å². The average Bonchev–Trinajstić information content (AvgIpc) is 3.70. The predicted octanol–water partition coefficient (Wildman–Crippen LogP) is 6.98. The molecule has 0 spiro atoms. The summed E-state index contributed by atoms with van der Waals surface area (Å²) in [5.74, 6) is -0.331. The largest absolute Gasteiger partial charge is 0.337 e. The molecule has 7 rings (SSSR count). The van der Waals surface area contributed by atoms with Gasteiger partial charge in [0.2, 0.25) is 11.8 Å². The first kappa shape index (κ1) is 27.0. The summed E-state index contributed by atoms with van der Waals surface area (Å²) < 4.78 is 1.37. The van der Waals surface area contributed by atoms with Crippen molar-refractivity contribution in [3.8, 4) is 6.07 Å². The second kappa shape index (κ2) is 10.8. The lowest BCUT2D eigenvalue weighted by molar-refractivity contribution is -0.387. The maximum atomic E-state index is 13.1. The minimum Gasteiger partial charge on any atom is -0.337 e. The zero-order chi connectivity index (χ0) is 29.7. The standard InChI is InChI=1S/C31H22N6O4S2/c32-16-18(28-33-22-7-3-4-8-23(22)34-28)13-17-9-12-26(25(14-17)37(40)41)42-31-35-24-11-10-19(15-27(24)43-31)36-29(38)20-5-1-2-6-21(20)30(36)39/h3-4,7-15,20-21H,1-2,5-6H2,(H,33,34)/b18-13+/t20-,21-/m1/s1. The molecule has 2 amide bonds. The van der Waals surface area contributed by atoms with Gasteiger partial charge in [0.05, 0.1) is 54.2 Å². The van der Waals surface area contributed by atoms with Gasteiger partial charge in [-0.2, -0.15) is 5.26 Å². The number of nitro groups is 1. The number of nitro benzene ring substituents is 1. The highest BCUT2D eigenvalue weighted by Crippen LogP contribution is 2.43. The SMILES string of the molecule is N#C/C(=C\c1ccc(Sc2nc3ccc(N4C(=O)[C@@H]5CCCC[C@H]5C4=O)cc3s2)c([N+](=O)[O-])c1)c1nc2ccccc2[nH]1. The molecule has 212 valence electrons. The number of aromatic amines is 1. The lowest BCUT2D eigenvalue weighted by Gasteiger charge is -2.19. The Morgan fingerprint density at radius 2 is 1.81 bits per heavy atom. The molecule has 43 heavy (non-hydrogen) atoms. The van der Waals surface area contributed by atoms with Crippen molar-refractivity contribution < 1.29 is 14.5 Å². The Labute approximate surface area is 253 Å². The molecule has 2 aromatic heterocycles. The summed E-state index contributed by atoms with van der Waals surface area (Å²) in [6.07, 6.45) is 5.00. The zero-order valence-corrected chi connectivity index (χ0v) is 24.2. The van der Waals surface area contributed by atoms with Crippen LogP contribution in [0, 0.1) is 33.3 Å². The minimum absolute atomic E-state index is 0.114. The summed E-state index contributed by atoms with van der Waals surface area (Å²) in [4.78, 5) is 51.7. The molecular weight excluding hydrogens is 585 g/mol. The Balaban J connectivity index is 1.16. The molecule has 5 aromatic rings. The molecule has 1 aliphatic carbocycles. The number of anilines is 1. The van der Waals surface area contributed by atoms with Gasteiger partial charge in [0.25, 0.3) is 5.69 Å². The van der Waals surface area contributed by atoms with Crippen LogP contribution >= 0.6 is 23.1 Å². The van der Waals surface area contributed by atoms with E-state index in [-0.39, 0.29) is 34.9 Å². The first-order valence-electron chi connectivity index (χ1n) is 13.7. The number of thiazole rings is 1. The molecule has 2 fully saturated rings. The van der Waals surface area contributed by atoms with E-state index in [2.05, 4.69) is 21.0 Å². The molecule has 0 unspecified atom stereocenters. The summed E-state index contributed by atoms with van der Waals surface area (Å²) in [7, 11) is 0. The maximum Gasteiger partial charge on any atom is 0.283 e. The monoisotopic (exact) mass is 606 g/mol. The first-order valence-corrected chi connectivity index (χ1v) is 15.3. The van der Waals surface area contributed by atoms with Crippen LogP contribution in [0.1, 0.15) is 37.1 Å². The number of nitrogens with one attached hydrogen (secondary N) is 1. The number of allylic oxidation sites excluding steroid dienone is 1. The van der Waals surface area contributed by atoms with Gasteiger partial charge in [0.1, 0.15) is 11.9 Å². The van der Waals surface area contributed by atoms with Crippen molar-refractivity contribution in [1.29, 1.82) is 5.26 Å². The highest BCUT2D eigenvalue weighted by molar-refractivity contribution is 8.01. The fourth-order valence-corrected chi connectivity index (χ4v) is 7.98. The molecule has 0 bridgehead atoms. The summed E-state index contributed by atoms with van der Waals surface area (Å²) in [6, 6.07) is 19.6. The number of benzene rings is 3. The molecule has 3 heterocycles. The van der Waals surface area contributed by atoms with Crippen LogP contribution in [0.2, 0.25) is 0 Å². The average molecular weight is 607 g/mol. The van der Waals surface area contributed by atoms with E-state index >= 15 is 0 Å². The van der Waals surface area contributed by atoms with Crippen LogP contribution in [-0.2, 0) is 9.59 Å². The molecule has 1 saturated carbocycles. The number of carbonyl (C=O) groups excluding carboxylic acids is 2. The third-order valence-electron chi connectivity index (χ3n) is 7.90. The highest BCUT2D eigenvalue weighted by Gasteiger charge is 2.48. The number of amides is 2. The number of para-hydroxylation sites is 2. The summed E-state index contributed by atoms with van der Waals surface area (Å²) in [5, 5.41) is 21.8. The molecular formula is C31H22N6O4S2. The van der Waals surface area contributed by atoms with Crippen molar-refractivity contribution in [2.75, 3.05) is 4.90 Å². The Kier molecular flexibility index (Phi) is 6.76. The van der Waals surface area contributed by atoms with Gasteiger partial charge in [0, 0.05) is 6.07 Å². The number of nitrogens with zero attached hydrogens (tertiary/aromatic N) is 5. The summed E-state index contributed by atoms with van der Waals surface area (Å²) >= 11 is 2.51. The van der Waals surface area contributed by atoms with E-state index in [9.17, 15) is 25.0 Å². The zero-order valence-electron chi connectivity index (χ0n) is 22.5. The van der Waals surface area contributed by atoms with Crippen molar-refractivity contribution in [3.63, 3.8) is 0 Å². The number of carbonyl (C=O) groups is 2. The number of fused-ring (bicyclic) bond motifs is 3. The quantitative estimate of drug-likeness (QED) is 0.0943. The van der Waals surface area contributed by atoms with E-state index in [0.717, 1.165) is 41.4 Å². The molecule has 3 aromatic carbocycles. The second-order valence-electron chi connectivity index (χ2n) is 10.5. The van der Waals surface area contributed by atoms with Gasteiger partial charge in [-0.05, 0) is 60.9 Å². The number of hydrogen-bond acceptors (Lipinski definition) is 9. The predicted molar refractivity (Wildman–Crippen MR) is 164 cm³/mol. The van der Waals surface area contributed by atoms with Gasteiger partial charge < -0.3 is 4.98 Å². The Bertz CT molecular complexity index is 1980. The third-order valence-corrected chi connectivity index (χ3v) is 10.0. The Hall–Kier alpha value is -4.86. The highest BCUT2D eigenvalue weighted by atomic mass is 32.2. The van der Waals surface area contributed by atoms with Crippen LogP contribution in [0.5, 0.6) is 0 Å². The van der Waals surface area contributed by atoms with E-state index in [1.807, 2.05) is 24.3 Å². The minimum atomic E-state index is -0.456. The lowest BCUT2D eigenvalue weighted by atomic mass is 9.81.